The maximum Gasteiger partial charge on any atom is 0.0500 e. The van der Waals surface area contributed by atoms with E-state index in [1.165, 1.54) is 45.6 Å². The highest BCUT2D eigenvalue weighted by molar-refractivity contribution is 4.87. The molecule has 2 aliphatic rings. The minimum Gasteiger partial charge on any atom is -0.384 e. The summed E-state index contributed by atoms with van der Waals surface area (Å²) in [5, 5.41) is 0. The van der Waals surface area contributed by atoms with Gasteiger partial charge in [0.05, 0.1) is 0 Å². The number of piperazine rings is 1. The number of hydrogen-bond donors (Lipinski definition) is 0. The van der Waals surface area contributed by atoms with Crippen LogP contribution in [0.1, 0.15) is 19.8 Å². The van der Waals surface area contributed by atoms with E-state index in [1.54, 1.807) is 7.11 Å². The Morgan fingerprint density at radius 1 is 1.33 bits per heavy atom. The second-order valence-corrected chi connectivity index (χ2v) is 5.15. The van der Waals surface area contributed by atoms with Gasteiger partial charge in [-0.05, 0) is 25.3 Å². The SMILES string of the molecule is COCC(C)CN1CCN2CCCC2C1. The van der Waals surface area contributed by atoms with Crippen LogP contribution in [-0.2, 0) is 4.74 Å². The van der Waals surface area contributed by atoms with E-state index in [0.717, 1.165) is 12.6 Å². The zero-order valence-corrected chi connectivity index (χ0v) is 10.1. The summed E-state index contributed by atoms with van der Waals surface area (Å²) >= 11 is 0. The van der Waals surface area contributed by atoms with E-state index in [4.69, 9.17) is 4.74 Å². The van der Waals surface area contributed by atoms with Gasteiger partial charge in [0.2, 0.25) is 0 Å². The summed E-state index contributed by atoms with van der Waals surface area (Å²) in [7, 11) is 1.80. The monoisotopic (exact) mass is 212 g/mol. The number of nitrogens with zero attached hydrogens (tertiary/aromatic N) is 2. The molecule has 15 heavy (non-hydrogen) atoms. The molecule has 3 heteroatoms. The molecule has 0 radical (unpaired) electrons. The second-order valence-electron chi connectivity index (χ2n) is 5.15. The van der Waals surface area contributed by atoms with Gasteiger partial charge in [0.25, 0.3) is 0 Å². The van der Waals surface area contributed by atoms with E-state index in [1.807, 2.05) is 0 Å². The van der Waals surface area contributed by atoms with Crippen LogP contribution in [0.2, 0.25) is 0 Å². The van der Waals surface area contributed by atoms with Crippen LogP contribution < -0.4 is 0 Å². The highest BCUT2D eigenvalue weighted by Gasteiger charge is 2.30. The van der Waals surface area contributed by atoms with Crippen molar-refractivity contribution in [1.29, 1.82) is 0 Å². The van der Waals surface area contributed by atoms with Gasteiger partial charge in [-0.25, -0.2) is 0 Å². The van der Waals surface area contributed by atoms with Gasteiger partial charge < -0.3 is 9.64 Å². The fourth-order valence-electron chi connectivity index (χ4n) is 3.00. The molecule has 2 rings (SSSR count). The third kappa shape index (κ3) is 2.92. The molecular formula is C12H24N2O. The Kier molecular flexibility index (Phi) is 4.00. The third-order valence-electron chi connectivity index (χ3n) is 3.69. The third-order valence-corrected chi connectivity index (χ3v) is 3.69. The van der Waals surface area contributed by atoms with Crippen LogP contribution >= 0.6 is 0 Å². The van der Waals surface area contributed by atoms with E-state index in [0.29, 0.717) is 5.92 Å². The van der Waals surface area contributed by atoms with Crippen LogP contribution in [0.4, 0.5) is 0 Å². The molecule has 2 heterocycles. The van der Waals surface area contributed by atoms with E-state index >= 15 is 0 Å². The first-order valence-corrected chi connectivity index (χ1v) is 6.25. The number of rotatable bonds is 4. The molecule has 3 nitrogen and oxygen atoms in total. The normalized spacial score (nSPS) is 30.4. The molecule has 2 fully saturated rings. The maximum absolute atomic E-state index is 5.19. The van der Waals surface area contributed by atoms with Gasteiger partial charge in [0.1, 0.15) is 0 Å². The molecule has 88 valence electrons. The van der Waals surface area contributed by atoms with Crippen LogP contribution in [0.25, 0.3) is 0 Å². The largest absolute Gasteiger partial charge is 0.384 e. The van der Waals surface area contributed by atoms with Crippen molar-refractivity contribution in [3.63, 3.8) is 0 Å². The zero-order valence-electron chi connectivity index (χ0n) is 10.1. The summed E-state index contributed by atoms with van der Waals surface area (Å²) < 4.78 is 5.19. The molecule has 0 bridgehead atoms. The predicted octanol–water partition coefficient (Wildman–Crippen LogP) is 1.05. The average molecular weight is 212 g/mol. The highest BCUT2D eigenvalue weighted by Crippen LogP contribution is 2.21. The van der Waals surface area contributed by atoms with Crippen molar-refractivity contribution in [1.82, 2.24) is 9.80 Å². The average Bonchev–Trinajstić information content (AvgIpc) is 2.65. The summed E-state index contributed by atoms with van der Waals surface area (Å²) in [6.45, 7) is 9.54. The summed E-state index contributed by atoms with van der Waals surface area (Å²) in [4.78, 5) is 5.29. The van der Waals surface area contributed by atoms with E-state index < -0.39 is 0 Å². The van der Waals surface area contributed by atoms with Crippen molar-refractivity contribution in [3.05, 3.63) is 0 Å². The first-order chi connectivity index (χ1) is 7.29. The molecule has 2 unspecified atom stereocenters. The van der Waals surface area contributed by atoms with Crippen LogP contribution in [0, 0.1) is 5.92 Å². The summed E-state index contributed by atoms with van der Waals surface area (Å²) in [5.74, 6) is 0.669. The first kappa shape index (κ1) is 11.4. The van der Waals surface area contributed by atoms with Gasteiger partial charge in [0.15, 0.2) is 0 Å². The lowest BCUT2D eigenvalue weighted by Gasteiger charge is -2.38. The van der Waals surface area contributed by atoms with Gasteiger partial charge in [-0.1, -0.05) is 6.92 Å². The smallest absolute Gasteiger partial charge is 0.0500 e. The highest BCUT2D eigenvalue weighted by atomic mass is 16.5. The molecule has 0 aromatic heterocycles. The molecular weight excluding hydrogens is 188 g/mol. The van der Waals surface area contributed by atoms with Crippen molar-refractivity contribution in [3.8, 4) is 0 Å². The summed E-state index contributed by atoms with van der Waals surface area (Å²) in [5.41, 5.74) is 0. The fourth-order valence-corrected chi connectivity index (χ4v) is 3.00. The Balaban J connectivity index is 1.75. The van der Waals surface area contributed by atoms with Gasteiger partial charge in [-0.15, -0.1) is 0 Å². The zero-order chi connectivity index (χ0) is 10.7. The Bertz CT molecular complexity index is 198. The molecule has 0 spiro atoms. The number of fused-ring (bicyclic) bond motifs is 1. The van der Waals surface area contributed by atoms with Crippen LogP contribution in [0.15, 0.2) is 0 Å². The Morgan fingerprint density at radius 3 is 3.00 bits per heavy atom. The lowest BCUT2D eigenvalue weighted by Crippen LogP contribution is -2.51. The maximum atomic E-state index is 5.19. The minimum absolute atomic E-state index is 0.669. The molecule has 0 aliphatic carbocycles. The van der Waals surface area contributed by atoms with Crippen molar-refractivity contribution in [2.45, 2.75) is 25.8 Å². The molecule has 2 saturated heterocycles. The van der Waals surface area contributed by atoms with Gasteiger partial charge in [-0.2, -0.15) is 0 Å². The Labute approximate surface area is 93.4 Å². The number of hydrogen-bond acceptors (Lipinski definition) is 3. The summed E-state index contributed by atoms with van der Waals surface area (Å²) in [6, 6.07) is 0.855. The molecule has 0 saturated carbocycles. The standard InChI is InChI=1S/C12H24N2O/c1-11(10-15-2)8-13-6-7-14-5-3-4-12(14)9-13/h11-12H,3-10H2,1-2H3. The van der Waals surface area contributed by atoms with E-state index in [9.17, 15) is 0 Å². The minimum atomic E-state index is 0.669. The first-order valence-electron chi connectivity index (χ1n) is 6.25. The van der Waals surface area contributed by atoms with Crippen LogP contribution in [0.3, 0.4) is 0 Å². The number of methoxy groups -OCH3 is 1. The summed E-state index contributed by atoms with van der Waals surface area (Å²) in [6.07, 6.45) is 2.82. The number of ether oxygens (including phenoxy) is 1. The molecule has 0 aromatic carbocycles. The predicted molar refractivity (Wildman–Crippen MR) is 62.1 cm³/mol. The van der Waals surface area contributed by atoms with Gasteiger partial charge in [0, 0.05) is 45.9 Å². The molecule has 2 aliphatic heterocycles. The lowest BCUT2D eigenvalue weighted by molar-refractivity contribution is 0.0739. The molecule has 0 amide bonds. The Morgan fingerprint density at radius 2 is 2.20 bits per heavy atom. The van der Waals surface area contributed by atoms with E-state index in [2.05, 4.69) is 16.7 Å². The fraction of sp³-hybridized carbons (Fsp3) is 1.00. The lowest BCUT2D eigenvalue weighted by atomic mass is 10.1. The van der Waals surface area contributed by atoms with Crippen molar-refractivity contribution in [2.75, 3.05) is 46.4 Å². The van der Waals surface area contributed by atoms with Gasteiger partial charge >= 0.3 is 0 Å². The second kappa shape index (κ2) is 5.28. The molecule has 0 N–H and O–H groups in total. The quantitative estimate of drug-likeness (QED) is 0.693. The molecule has 0 aromatic rings. The van der Waals surface area contributed by atoms with E-state index in [-0.39, 0.29) is 0 Å². The van der Waals surface area contributed by atoms with Crippen LogP contribution in [0.5, 0.6) is 0 Å². The topological polar surface area (TPSA) is 15.7 Å². The van der Waals surface area contributed by atoms with Crippen molar-refractivity contribution >= 4 is 0 Å². The Hall–Kier alpha value is -0.120. The van der Waals surface area contributed by atoms with Crippen molar-refractivity contribution < 1.29 is 4.74 Å². The van der Waals surface area contributed by atoms with Crippen molar-refractivity contribution in [2.24, 2.45) is 5.92 Å². The van der Waals surface area contributed by atoms with Crippen LogP contribution in [-0.4, -0.2) is 62.3 Å². The van der Waals surface area contributed by atoms with Gasteiger partial charge in [-0.3, -0.25) is 4.90 Å². The molecule has 2 atom stereocenters.